The van der Waals surface area contributed by atoms with Crippen molar-refractivity contribution in [1.82, 2.24) is 10.3 Å². The number of nitrogens with two attached hydrogens (primary N) is 1. The molecule has 0 saturated carbocycles. The Kier molecular flexibility index (Phi) is 8.10. The lowest BCUT2D eigenvalue weighted by Gasteiger charge is -2.36. The van der Waals surface area contributed by atoms with Crippen LogP contribution in [-0.4, -0.2) is 37.1 Å². The number of rotatable bonds is 6. The Labute approximate surface area is 232 Å². The third kappa shape index (κ3) is 6.02. The van der Waals surface area contributed by atoms with Crippen molar-refractivity contribution in [3.8, 4) is 11.1 Å². The number of carbonyl (C=O) groups is 1. The molecular weight excluding hydrogens is 553 g/mol. The molecule has 1 aliphatic rings. The van der Waals surface area contributed by atoms with Gasteiger partial charge in [-0.05, 0) is 84.8 Å². The molecule has 4 rings (SSSR count). The third-order valence-electron chi connectivity index (χ3n) is 7.53. The Morgan fingerprint density at radius 3 is 2.29 bits per heavy atom. The van der Waals surface area contributed by atoms with Gasteiger partial charge in [-0.1, -0.05) is 6.07 Å². The number of aromatic nitrogens is 1. The molecule has 220 valence electrons. The van der Waals surface area contributed by atoms with Crippen LogP contribution in [0.15, 0.2) is 48.8 Å². The second kappa shape index (κ2) is 11.0. The van der Waals surface area contributed by atoms with E-state index in [9.17, 15) is 35.5 Å². The van der Waals surface area contributed by atoms with E-state index in [0.717, 1.165) is 0 Å². The molecule has 3 aromatic rings. The van der Waals surface area contributed by atoms with Crippen LogP contribution in [0, 0.1) is 12.7 Å². The Hall–Kier alpha value is -3.67. The number of hydrogen-bond acceptors (Lipinski definition) is 4. The van der Waals surface area contributed by atoms with Crippen LogP contribution in [0.3, 0.4) is 0 Å². The lowest BCUT2D eigenvalue weighted by molar-refractivity contribution is -0.143. The largest absolute Gasteiger partial charge is 0.418 e. The van der Waals surface area contributed by atoms with Gasteiger partial charge in [0, 0.05) is 38.6 Å². The number of benzene rings is 2. The number of anilines is 1. The summed E-state index contributed by atoms with van der Waals surface area (Å²) in [5.41, 5.74) is 2.11. The van der Waals surface area contributed by atoms with E-state index in [-0.39, 0.29) is 25.6 Å². The number of aryl methyl sites for hydroxylation is 1. The van der Waals surface area contributed by atoms with Crippen molar-refractivity contribution in [2.75, 3.05) is 25.0 Å². The van der Waals surface area contributed by atoms with Crippen LogP contribution >= 0.6 is 0 Å². The first-order valence-corrected chi connectivity index (χ1v) is 12.8. The zero-order valence-corrected chi connectivity index (χ0v) is 22.6. The molecule has 0 bridgehead atoms. The molecule has 1 aromatic heterocycles. The summed E-state index contributed by atoms with van der Waals surface area (Å²) in [6.45, 7) is 3.02. The van der Waals surface area contributed by atoms with Gasteiger partial charge in [0.1, 0.15) is 5.82 Å². The molecule has 1 saturated heterocycles. The van der Waals surface area contributed by atoms with Gasteiger partial charge in [0.15, 0.2) is 0 Å². The first-order valence-electron chi connectivity index (χ1n) is 12.8. The smallest absolute Gasteiger partial charge is 0.369 e. The minimum Gasteiger partial charge on any atom is -0.369 e. The number of nitrogens with zero attached hydrogens (tertiary/aromatic N) is 2. The second-order valence-corrected chi connectivity index (χ2v) is 10.5. The maximum absolute atomic E-state index is 14.4. The highest BCUT2D eigenvalue weighted by molar-refractivity contribution is 5.91. The summed E-state index contributed by atoms with van der Waals surface area (Å²) in [5.74, 6) is -1.27. The molecule has 2 unspecified atom stereocenters. The zero-order valence-electron chi connectivity index (χ0n) is 22.6. The van der Waals surface area contributed by atoms with E-state index in [0.29, 0.717) is 34.7 Å². The molecule has 3 N–H and O–H groups in total. The first kappa shape index (κ1) is 30.3. The fourth-order valence-electron chi connectivity index (χ4n) is 5.48. The molecule has 1 aliphatic heterocycles. The van der Waals surface area contributed by atoms with Crippen molar-refractivity contribution in [1.29, 1.82) is 0 Å². The van der Waals surface area contributed by atoms with Crippen molar-refractivity contribution in [3.63, 3.8) is 0 Å². The Morgan fingerprint density at radius 1 is 1.05 bits per heavy atom. The fourth-order valence-corrected chi connectivity index (χ4v) is 5.48. The molecule has 2 atom stereocenters. The maximum Gasteiger partial charge on any atom is 0.418 e. The van der Waals surface area contributed by atoms with Crippen LogP contribution < -0.4 is 16.0 Å². The number of nitrogens with one attached hydrogen (secondary N) is 1. The summed E-state index contributed by atoms with van der Waals surface area (Å²) in [5, 5.41) is 2.43. The molecule has 2 aromatic carbocycles. The molecule has 41 heavy (non-hydrogen) atoms. The Morgan fingerprint density at radius 2 is 1.73 bits per heavy atom. The molecule has 1 fully saturated rings. The van der Waals surface area contributed by atoms with Gasteiger partial charge in [-0.15, -0.1) is 0 Å². The molecule has 0 radical (unpaired) electrons. The monoisotopic (exact) mass is 582 g/mol. The summed E-state index contributed by atoms with van der Waals surface area (Å²) in [7, 11) is 1.26. The van der Waals surface area contributed by atoms with Gasteiger partial charge in [0.05, 0.1) is 22.2 Å². The number of halogens is 7. The van der Waals surface area contributed by atoms with Crippen molar-refractivity contribution >= 4 is 11.6 Å². The predicted molar refractivity (Wildman–Crippen MR) is 141 cm³/mol. The molecule has 0 spiro atoms. The minimum absolute atomic E-state index is 0.0296. The van der Waals surface area contributed by atoms with Crippen LogP contribution in [0.2, 0.25) is 0 Å². The van der Waals surface area contributed by atoms with Gasteiger partial charge in [0.2, 0.25) is 5.91 Å². The predicted octanol–water partition coefficient (Wildman–Crippen LogP) is 6.02. The van der Waals surface area contributed by atoms with Crippen LogP contribution in [0.1, 0.15) is 41.2 Å². The van der Waals surface area contributed by atoms with E-state index >= 15 is 0 Å². The maximum atomic E-state index is 14.4. The number of hydrogen-bond donors (Lipinski definition) is 2. The van der Waals surface area contributed by atoms with Crippen LogP contribution in [0.5, 0.6) is 0 Å². The van der Waals surface area contributed by atoms with Crippen molar-refractivity contribution in [2.45, 2.75) is 50.5 Å². The van der Waals surface area contributed by atoms with E-state index in [2.05, 4.69) is 10.3 Å². The van der Waals surface area contributed by atoms with Crippen molar-refractivity contribution < 1.29 is 35.5 Å². The number of amides is 1. The lowest BCUT2D eigenvalue weighted by Crippen LogP contribution is -2.44. The third-order valence-corrected chi connectivity index (χ3v) is 7.53. The van der Waals surface area contributed by atoms with Gasteiger partial charge >= 0.3 is 12.4 Å². The normalized spacial score (nSPS) is 17.4. The van der Waals surface area contributed by atoms with E-state index in [1.165, 1.54) is 49.5 Å². The van der Waals surface area contributed by atoms with E-state index < -0.39 is 57.9 Å². The highest BCUT2D eigenvalue weighted by Gasteiger charge is 2.47. The summed E-state index contributed by atoms with van der Waals surface area (Å²) < 4.78 is 99.2. The quantitative estimate of drug-likeness (QED) is 0.349. The number of likely N-dealkylation sites (N-methyl/N-ethyl adjacent to an activating group) is 1. The molecule has 0 aliphatic carbocycles. The molecule has 2 heterocycles. The standard InChI is InChI=1S/C29H29F7N4O/c1-16-10-19(30)4-5-21(16)22-6-8-39-14-17(22)13-27(2,26(41)38-3)23-11-18(28(31,32)33)12-24(29(34,35)36)25(23)40-9-7-20(37)15-40/h4-6,8,10-12,14,20H,7,9,13,15,37H2,1-3H3,(H,38,41). The lowest BCUT2D eigenvalue weighted by atomic mass is 9.73. The number of carbonyl (C=O) groups excluding carboxylic acids is 1. The van der Waals surface area contributed by atoms with Gasteiger partial charge < -0.3 is 16.0 Å². The molecule has 12 heteroatoms. The number of pyridine rings is 1. The van der Waals surface area contributed by atoms with E-state index in [1.54, 1.807) is 13.0 Å². The Bertz CT molecular complexity index is 1450. The molecule has 1 amide bonds. The summed E-state index contributed by atoms with van der Waals surface area (Å²) >= 11 is 0. The minimum atomic E-state index is -5.16. The highest BCUT2D eigenvalue weighted by atomic mass is 19.4. The van der Waals surface area contributed by atoms with Gasteiger partial charge in [-0.3, -0.25) is 9.78 Å². The van der Waals surface area contributed by atoms with Crippen LogP contribution in [-0.2, 0) is 29.0 Å². The van der Waals surface area contributed by atoms with Crippen LogP contribution in [0.4, 0.5) is 36.4 Å². The topological polar surface area (TPSA) is 71.2 Å². The number of alkyl halides is 6. The first-order chi connectivity index (χ1) is 19.1. The average Bonchev–Trinajstić information content (AvgIpc) is 3.32. The summed E-state index contributed by atoms with van der Waals surface area (Å²) in [4.78, 5) is 19.0. The van der Waals surface area contributed by atoms with E-state index in [1.807, 2.05) is 0 Å². The highest BCUT2D eigenvalue weighted by Crippen LogP contribution is 2.48. The van der Waals surface area contributed by atoms with E-state index in [4.69, 9.17) is 5.73 Å². The van der Waals surface area contributed by atoms with Crippen LogP contribution in [0.25, 0.3) is 11.1 Å². The summed E-state index contributed by atoms with van der Waals surface area (Å²) in [6, 6.07) is 5.88. The SMILES string of the molecule is CNC(=O)C(C)(Cc1cnccc1-c1ccc(F)cc1C)c1cc(C(F)(F)F)cc(C(F)(F)F)c1N1CCC(N)C1. The molecular formula is C29H29F7N4O. The average molecular weight is 583 g/mol. The summed E-state index contributed by atoms with van der Waals surface area (Å²) in [6.07, 6.45) is -7.40. The van der Waals surface area contributed by atoms with Gasteiger partial charge in [0.25, 0.3) is 0 Å². The van der Waals surface area contributed by atoms with Crippen molar-refractivity contribution in [3.05, 3.63) is 82.4 Å². The second-order valence-electron chi connectivity index (χ2n) is 10.5. The van der Waals surface area contributed by atoms with Crippen molar-refractivity contribution in [2.24, 2.45) is 5.73 Å². The van der Waals surface area contributed by atoms with Gasteiger partial charge in [-0.25, -0.2) is 4.39 Å². The zero-order chi connectivity index (χ0) is 30.3. The molecule has 5 nitrogen and oxygen atoms in total. The van der Waals surface area contributed by atoms with Gasteiger partial charge in [-0.2, -0.15) is 26.3 Å². The fraction of sp³-hybridized carbons (Fsp3) is 0.379. The Balaban J connectivity index is 2.02.